The first-order valence-electron chi connectivity index (χ1n) is 10.0. The number of methoxy groups -OCH3 is 1. The maximum absolute atomic E-state index is 5.65. The summed E-state index contributed by atoms with van der Waals surface area (Å²) < 4.78 is 7.69. The Morgan fingerprint density at radius 1 is 1.13 bits per heavy atom. The predicted molar refractivity (Wildman–Crippen MR) is 118 cm³/mol. The van der Waals surface area contributed by atoms with Crippen LogP contribution < -0.4 is 10.1 Å². The summed E-state index contributed by atoms with van der Waals surface area (Å²) in [5, 5.41) is 4.34. The van der Waals surface area contributed by atoms with Gasteiger partial charge >= 0.3 is 0 Å². The third kappa shape index (κ3) is 3.27. The summed E-state index contributed by atoms with van der Waals surface area (Å²) in [6, 6.07) is 10.3. The van der Waals surface area contributed by atoms with Crippen molar-refractivity contribution in [2.45, 2.75) is 19.9 Å². The number of nitrogens with one attached hydrogen (secondary N) is 1. The van der Waals surface area contributed by atoms with E-state index in [2.05, 4.69) is 39.4 Å². The van der Waals surface area contributed by atoms with Crippen LogP contribution in [0.2, 0.25) is 0 Å². The molecule has 3 aromatic heterocycles. The second kappa shape index (κ2) is 7.42. The summed E-state index contributed by atoms with van der Waals surface area (Å²) in [7, 11) is 3.84. The van der Waals surface area contributed by atoms with Crippen molar-refractivity contribution in [2.24, 2.45) is 0 Å². The topological polar surface area (TPSA) is 68.1 Å². The summed E-state index contributed by atoms with van der Waals surface area (Å²) in [5.74, 6) is 1.34. The van der Waals surface area contributed by atoms with Crippen LogP contribution >= 0.6 is 0 Å². The lowest BCUT2D eigenvalue weighted by Crippen LogP contribution is -2.26. The van der Waals surface area contributed by atoms with Gasteiger partial charge in [-0.2, -0.15) is 4.98 Å². The Labute approximate surface area is 175 Å². The zero-order valence-electron chi connectivity index (χ0n) is 17.4. The molecule has 0 saturated carbocycles. The zero-order valence-corrected chi connectivity index (χ0v) is 17.4. The van der Waals surface area contributed by atoms with Crippen molar-refractivity contribution in [3.05, 3.63) is 65.7 Å². The molecule has 1 aliphatic heterocycles. The fourth-order valence-corrected chi connectivity index (χ4v) is 4.02. The van der Waals surface area contributed by atoms with Gasteiger partial charge in [-0.05, 0) is 61.9 Å². The van der Waals surface area contributed by atoms with Crippen molar-refractivity contribution in [3.63, 3.8) is 0 Å². The highest BCUT2D eigenvalue weighted by atomic mass is 16.5. The van der Waals surface area contributed by atoms with Crippen molar-refractivity contribution < 1.29 is 4.74 Å². The summed E-state index contributed by atoms with van der Waals surface area (Å²) in [5.41, 5.74) is 6.31. The maximum Gasteiger partial charge on any atom is 0.229 e. The molecule has 1 N–H and O–H groups in total. The van der Waals surface area contributed by atoms with Crippen molar-refractivity contribution in [3.8, 4) is 11.4 Å². The van der Waals surface area contributed by atoms with Crippen LogP contribution in [0.3, 0.4) is 0 Å². The van der Waals surface area contributed by atoms with Gasteiger partial charge in [-0.3, -0.25) is 9.55 Å². The first-order valence-corrected chi connectivity index (χ1v) is 10.0. The molecule has 0 amide bonds. The van der Waals surface area contributed by atoms with Crippen LogP contribution in [0.5, 0.6) is 5.75 Å². The van der Waals surface area contributed by atoms with Crippen LogP contribution in [0.4, 0.5) is 11.6 Å². The molecular formula is C23H24N6O. The van der Waals surface area contributed by atoms with Crippen LogP contribution in [0.1, 0.15) is 16.8 Å². The van der Waals surface area contributed by atoms with E-state index in [4.69, 9.17) is 9.72 Å². The van der Waals surface area contributed by atoms with E-state index in [1.807, 2.05) is 42.1 Å². The molecule has 0 atom stereocenters. The highest BCUT2D eigenvalue weighted by molar-refractivity contribution is 5.79. The molecule has 152 valence electrons. The van der Waals surface area contributed by atoms with E-state index >= 15 is 0 Å². The van der Waals surface area contributed by atoms with Gasteiger partial charge in [0.1, 0.15) is 11.4 Å². The average molecular weight is 400 g/mol. The van der Waals surface area contributed by atoms with E-state index in [9.17, 15) is 0 Å². The van der Waals surface area contributed by atoms with Crippen LogP contribution in [0.25, 0.3) is 16.7 Å². The molecule has 4 heterocycles. The van der Waals surface area contributed by atoms with Crippen LogP contribution in [-0.4, -0.2) is 45.1 Å². The normalized spacial score (nSPS) is 14.0. The zero-order chi connectivity index (χ0) is 20.7. The Morgan fingerprint density at radius 2 is 2.03 bits per heavy atom. The lowest BCUT2D eigenvalue weighted by atomic mass is 9.99. The Hall–Kier alpha value is -3.45. The standard InChI is InChI=1S/C23H24N6O/c1-15-20(5-4-8-24-15)29-10-7-17-13-25-23(27-22(17)29)26-19-11-18-14-28(2)9-6-16(18)12-21(19)30-3/h4-5,7-8,10-13H,6,9,14H2,1-3H3,(H,25,26,27). The van der Waals surface area contributed by atoms with E-state index in [1.165, 1.54) is 11.1 Å². The van der Waals surface area contributed by atoms with Crippen molar-refractivity contribution in [1.82, 2.24) is 24.4 Å². The molecule has 7 nitrogen and oxygen atoms in total. The monoisotopic (exact) mass is 400 g/mol. The Kier molecular flexibility index (Phi) is 4.59. The SMILES string of the molecule is COc1cc2c(cc1Nc1ncc3ccn(-c4cccnc4C)c3n1)CN(C)CC2. The van der Waals surface area contributed by atoms with Gasteiger partial charge in [0.25, 0.3) is 0 Å². The first kappa shape index (κ1) is 18.6. The van der Waals surface area contributed by atoms with Gasteiger partial charge in [-0.15, -0.1) is 0 Å². The highest BCUT2D eigenvalue weighted by Crippen LogP contribution is 2.33. The van der Waals surface area contributed by atoms with Gasteiger partial charge in [0.2, 0.25) is 5.95 Å². The first-order chi connectivity index (χ1) is 14.6. The number of benzene rings is 1. The molecule has 7 heteroatoms. The number of aryl methyl sites for hydroxylation is 1. The molecule has 4 aromatic rings. The molecule has 30 heavy (non-hydrogen) atoms. The number of ether oxygens (including phenoxy) is 1. The Bertz CT molecular complexity index is 1230. The Morgan fingerprint density at radius 3 is 2.87 bits per heavy atom. The van der Waals surface area contributed by atoms with Gasteiger partial charge in [-0.1, -0.05) is 0 Å². The number of nitrogens with zero attached hydrogens (tertiary/aromatic N) is 5. The van der Waals surface area contributed by atoms with Gasteiger partial charge in [-0.25, -0.2) is 4.98 Å². The van der Waals surface area contributed by atoms with E-state index < -0.39 is 0 Å². The molecule has 0 spiro atoms. The fourth-order valence-electron chi connectivity index (χ4n) is 4.02. The number of hydrogen-bond donors (Lipinski definition) is 1. The minimum atomic E-state index is 0.534. The Balaban J connectivity index is 1.54. The molecule has 0 saturated heterocycles. The van der Waals surface area contributed by atoms with E-state index in [1.54, 1.807) is 13.3 Å². The summed E-state index contributed by atoms with van der Waals surface area (Å²) in [6.07, 6.45) is 6.67. The molecule has 0 radical (unpaired) electrons. The van der Waals surface area contributed by atoms with Gasteiger partial charge in [0.15, 0.2) is 0 Å². The van der Waals surface area contributed by atoms with E-state index in [0.717, 1.165) is 53.4 Å². The largest absolute Gasteiger partial charge is 0.495 e. The van der Waals surface area contributed by atoms with Crippen LogP contribution in [0, 0.1) is 6.92 Å². The molecule has 0 bridgehead atoms. The lowest BCUT2D eigenvalue weighted by Gasteiger charge is -2.26. The van der Waals surface area contributed by atoms with E-state index in [-0.39, 0.29) is 0 Å². The average Bonchev–Trinajstić information content (AvgIpc) is 3.16. The van der Waals surface area contributed by atoms with Crippen molar-refractivity contribution in [2.75, 3.05) is 26.0 Å². The van der Waals surface area contributed by atoms with E-state index in [0.29, 0.717) is 5.95 Å². The van der Waals surface area contributed by atoms with Gasteiger partial charge in [0.05, 0.1) is 24.2 Å². The highest BCUT2D eigenvalue weighted by Gasteiger charge is 2.18. The molecule has 0 fully saturated rings. The van der Waals surface area contributed by atoms with Crippen LogP contribution in [-0.2, 0) is 13.0 Å². The van der Waals surface area contributed by atoms with Crippen molar-refractivity contribution in [1.29, 1.82) is 0 Å². The molecule has 1 aliphatic rings. The van der Waals surface area contributed by atoms with Gasteiger partial charge < -0.3 is 15.0 Å². The smallest absolute Gasteiger partial charge is 0.229 e. The predicted octanol–water partition coefficient (Wildman–Crippen LogP) is 3.86. The molecular weight excluding hydrogens is 376 g/mol. The molecule has 1 aromatic carbocycles. The van der Waals surface area contributed by atoms with Crippen molar-refractivity contribution >= 4 is 22.7 Å². The third-order valence-corrected chi connectivity index (χ3v) is 5.64. The lowest BCUT2D eigenvalue weighted by molar-refractivity contribution is 0.312. The number of rotatable bonds is 4. The molecule has 0 aliphatic carbocycles. The molecule has 5 rings (SSSR count). The van der Waals surface area contributed by atoms with Gasteiger partial charge in [0, 0.05) is 37.1 Å². The fraction of sp³-hybridized carbons (Fsp3) is 0.261. The summed E-state index contributed by atoms with van der Waals surface area (Å²) >= 11 is 0. The second-order valence-corrected chi connectivity index (χ2v) is 7.70. The number of pyridine rings is 1. The summed E-state index contributed by atoms with van der Waals surface area (Å²) in [4.78, 5) is 16.0. The quantitative estimate of drug-likeness (QED) is 0.561. The minimum absolute atomic E-state index is 0.534. The maximum atomic E-state index is 5.65. The van der Waals surface area contributed by atoms with Crippen LogP contribution in [0.15, 0.2) is 48.9 Å². The number of hydrogen-bond acceptors (Lipinski definition) is 6. The number of aromatic nitrogens is 4. The number of likely N-dealkylation sites (N-methyl/N-ethyl adjacent to an activating group) is 1. The third-order valence-electron chi connectivity index (χ3n) is 5.64. The molecule has 0 unspecified atom stereocenters. The second-order valence-electron chi connectivity index (χ2n) is 7.70. The number of fused-ring (bicyclic) bond motifs is 2. The number of anilines is 2. The minimum Gasteiger partial charge on any atom is -0.495 e. The summed E-state index contributed by atoms with van der Waals surface area (Å²) in [6.45, 7) is 3.99.